The van der Waals surface area contributed by atoms with E-state index in [4.69, 9.17) is 23.2 Å². The molecule has 0 bridgehead atoms. The predicted octanol–water partition coefficient (Wildman–Crippen LogP) is 5.78. The van der Waals surface area contributed by atoms with E-state index >= 15 is 0 Å². The highest BCUT2D eigenvalue weighted by Crippen LogP contribution is 2.42. The van der Waals surface area contributed by atoms with Crippen LogP contribution in [0.1, 0.15) is 41.5 Å². The molecule has 4 heteroatoms. The van der Waals surface area contributed by atoms with E-state index in [0.29, 0.717) is 22.0 Å². The molecular formula is C17H16Cl2IN. The van der Waals surface area contributed by atoms with Crippen molar-refractivity contribution in [1.29, 1.82) is 0 Å². The Morgan fingerprint density at radius 2 is 1.81 bits per heavy atom. The molecule has 1 nitrogen and oxygen atoms in total. The Morgan fingerprint density at radius 1 is 1.00 bits per heavy atom. The van der Waals surface area contributed by atoms with Crippen LogP contribution in [0.15, 0.2) is 36.4 Å². The molecule has 2 atom stereocenters. The van der Waals surface area contributed by atoms with Gasteiger partial charge in [0, 0.05) is 15.5 Å². The summed E-state index contributed by atoms with van der Waals surface area (Å²) < 4.78 is 1.28. The lowest BCUT2D eigenvalue weighted by Gasteiger charge is -2.32. The zero-order chi connectivity index (χ0) is 15.0. The second kappa shape index (κ2) is 6.45. The summed E-state index contributed by atoms with van der Waals surface area (Å²) in [6.07, 6.45) is 2.26. The van der Waals surface area contributed by atoms with E-state index in [1.165, 1.54) is 20.3 Å². The Bertz CT molecular complexity index is 672. The van der Waals surface area contributed by atoms with E-state index in [1.807, 2.05) is 19.2 Å². The summed E-state index contributed by atoms with van der Waals surface area (Å²) in [5, 5.41) is 4.68. The minimum absolute atomic E-state index is 0.399. The molecular weight excluding hydrogens is 416 g/mol. The third kappa shape index (κ3) is 3.09. The lowest BCUT2D eigenvalue weighted by atomic mass is 9.77. The number of hydrogen-bond acceptors (Lipinski definition) is 1. The molecule has 2 aromatic carbocycles. The number of rotatable bonds is 2. The molecule has 0 fully saturated rings. The van der Waals surface area contributed by atoms with E-state index < -0.39 is 0 Å². The van der Waals surface area contributed by atoms with Crippen LogP contribution in [-0.2, 0) is 0 Å². The molecule has 0 amide bonds. The van der Waals surface area contributed by atoms with Crippen LogP contribution in [0.2, 0.25) is 10.0 Å². The largest absolute Gasteiger partial charge is 0.313 e. The molecule has 21 heavy (non-hydrogen) atoms. The summed E-state index contributed by atoms with van der Waals surface area (Å²) in [7, 11) is 2.04. The molecule has 3 rings (SSSR count). The molecule has 1 aliphatic carbocycles. The molecule has 1 unspecified atom stereocenters. The van der Waals surface area contributed by atoms with Crippen molar-refractivity contribution in [3.63, 3.8) is 0 Å². The topological polar surface area (TPSA) is 12.0 Å². The zero-order valence-corrected chi connectivity index (χ0v) is 15.3. The zero-order valence-electron chi connectivity index (χ0n) is 11.7. The maximum absolute atomic E-state index is 6.20. The maximum atomic E-state index is 6.20. The van der Waals surface area contributed by atoms with Gasteiger partial charge in [0.1, 0.15) is 0 Å². The second-order valence-electron chi connectivity index (χ2n) is 5.42. The van der Waals surface area contributed by atoms with Crippen LogP contribution in [0.3, 0.4) is 0 Å². The van der Waals surface area contributed by atoms with Crippen molar-refractivity contribution < 1.29 is 0 Å². The van der Waals surface area contributed by atoms with E-state index in [-0.39, 0.29) is 0 Å². The van der Waals surface area contributed by atoms with Crippen LogP contribution in [0.25, 0.3) is 0 Å². The third-order valence-electron chi connectivity index (χ3n) is 4.24. The molecule has 0 heterocycles. The summed E-state index contributed by atoms with van der Waals surface area (Å²) in [5.41, 5.74) is 4.06. The molecule has 0 saturated carbocycles. The molecule has 0 radical (unpaired) electrons. The Hall–Kier alpha value is -0.290. The van der Waals surface area contributed by atoms with E-state index in [2.05, 4.69) is 52.2 Å². The predicted molar refractivity (Wildman–Crippen MR) is 98.5 cm³/mol. The Kier molecular flexibility index (Phi) is 4.79. The first kappa shape index (κ1) is 15.6. The quantitative estimate of drug-likeness (QED) is 0.594. The van der Waals surface area contributed by atoms with Crippen molar-refractivity contribution >= 4 is 45.8 Å². The Balaban J connectivity index is 2.07. The van der Waals surface area contributed by atoms with Crippen LogP contribution in [0, 0.1) is 3.57 Å². The summed E-state index contributed by atoms with van der Waals surface area (Å²) in [6, 6.07) is 13.2. The lowest BCUT2D eigenvalue weighted by Crippen LogP contribution is -2.24. The minimum atomic E-state index is 0.399. The van der Waals surface area contributed by atoms with E-state index in [9.17, 15) is 0 Å². The first-order valence-electron chi connectivity index (χ1n) is 7.01. The molecule has 0 aromatic heterocycles. The Labute approximate surface area is 149 Å². The molecule has 1 N–H and O–H groups in total. The van der Waals surface area contributed by atoms with Crippen molar-refractivity contribution in [2.75, 3.05) is 7.05 Å². The Morgan fingerprint density at radius 3 is 2.52 bits per heavy atom. The van der Waals surface area contributed by atoms with Gasteiger partial charge in [-0.25, -0.2) is 0 Å². The van der Waals surface area contributed by atoms with Crippen LogP contribution in [-0.4, -0.2) is 7.05 Å². The average molecular weight is 432 g/mol. The lowest BCUT2D eigenvalue weighted by molar-refractivity contribution is 0.470. The second-order valence-corrected chi connectivity index (χ2v) is 7.48. The molecule has 2 aromatic rings. The van der Waals surface area contributed by atoms with Gasteiger partial charge in [0.05, 0.1) is 10.0 Å². The monoisotopic (exact) mass is 431 g/mol. The smallest absolute Gasteiger partial charge is 0.0595 e. The summed E-state index contributed by atoms with van der Waals surface area (Å²) in [6.45, 7) is 0. The molecule has 1 aliphatic rings. The van der Waals surface area contributed by atoms with Crippen LogP contribution in [0.4, 0.5) is 0 Å². The number of hydrogen-bond donors (Lipinski definition) is 1. The third-order valence-corrected chi connectivity index (χ3v) is 5.65. The number of nitrogens with one attached hydrogen (secondary N) is 1. The van der Waals surface area contributed by atoms with Crippen molar-refractivity contribution in [2.45, 2.75) is 24.8 Å². The minimum Gasteiger partial charge on any atom is -0.313 e. The highest BCUT2D eigenvalue weighted by molar-refractivity contribution is 14.1. The fraction of sp³-hybridized carbons (Fsp3) is 0.294. The standard InChI is InChI=1S/C17H16Cl2IN/c1-21-17-7-5-12(10-2-6-15(18)16(19)8-10)13-4-3-11(20)9-14(13)17/h2-4,6,8-9,12,17,21H,5,7H2,1H3/t12?,17-/m0/s1. The number of benzene rings is 2. The van der Waals surface area contributed by atoms with Gasteiger partial charge in [-0.2, -0.15) is 0 Å². The fourth-order valence-electron chi connectivity index (χ4n) is 3.18. The highest BCUT2D eigenvalue weighted by atomic mass is 127. The van der Waals surface area contributed by atoms with Crippen LogP contribution >= 0.6 is 45.8 Å². The molecule has 110 valence electrons. The summed E-state index contributed by atoms with van der Waals surface area (Å²) >= 11 is 14.6. The van der Waals surface area contributed by atoms with Crippen LogP contribution < -0.4 is 5.32 Å². The maximum Gasteiger partial charge on any atom is 0.0595 e. The SMILES string of the molecule is CN[C@H]1CCC(c2ccc(Cl)c(Cl)c2)c2ccc(I)cc21. The summed E-state index contributed by atoms with van der Waals surface area (Å²) in [4.78, 5) is 0. The van der Waals surface area contributed by atoms with Gasteiger partial charge in [-0.3, -0.25) is 0 Å². The van der Waals surface area contributed by atoms with Crippen molar-refractivity contribution in [2.24, 2.45) is 0 Å². The van der Waals surface area contributed by atoms with E-state index in [0.717, 1.165) is 12.8 Å². The van der Waals surface area contributed by atoms with Gasteiger partial charge in [0.15, 0.2) is 0 Å². The molecule has 0 spiro atoms. The van der Waals surface area contributed by atoms with Gasteiger partial charge in [0.2, 0.25) is 0 Å². The van der Waals surface area contributed by atoms with Gasteiger partial charge in [-0.05, 0) is 83.4 Å². The van der Waals surface area contributed by atoms with Crippen molar-refractivity contribution in [3.05, 3.63) is 66.7 Å². The first-order valence-corrected chi connectivity index (χ1v) is 8.85. The summed E-state index contributed by atoms with van der Waals surface area (Å²) in [5.74, 6) is 0.399. The number of fused-ring (bicyclic) bond motifs is 1. The molecule has 0 aliphatic heterocycles. The van der Waals surface area contributed by atoms with Gasteiger partial charge in [-0.1, -0.05) is 35.3 Å². The number of halogens is 3. The highest BCUT2D eigenvalue weighted by Gasteiger charge is 2.27. The molecule has 0 saturated heterocycles. The van der Waals surface area contributed by atoms with Gasteiger partial charge in [-0.15, -0.1) is 0 Å². The fourth-order valence-corrected chi connectivity index (χ4v) is 4.01. The average Bonchev–Trinajstić information content (AvgIpc) is 2.49. The van der Waals surface area contributed by atoms with Gasteiger partial charge < -0.3 is 5.32 Å². The normalized spacial score (nSPS) is 21.1. The van der Waals surface area contributed by atoms with Crippen LogP contribution in [0.5, 0.6) is 0 Å². The van der Waals surface area contributed by atoms with Gasteiger partial charge in [0.25, 0.3) is 0 Å². The first-order chi connectivity index (χ1) is 10.1. The van der Waals surface area contributed by atoms with E-state index in [1.54, 1.807) is 0 Å². The van der Waals surface area contributed by atoms with Crippen molar-refractivity contribution in [1.82, 2.24) is 5.32 Å². The van der Waals surface area contributed by atoms with Crippen molar-refractivity contribution in [3.8, 4) is 0 Å². The van der Waals surface area contributed by atoms with Gasteiger partial charge >= 0.3 is 0 Å².